The molecule has 0 aromatic carbocycles. The van der Waals surface area contributed by atoms with E-state index in [1.54, 1.807) is 6.07 Å². The summed E-state index contributed by atoms with van der Waals surface area (Å²) in [5.41, 5.74) is 5.72. The fourth-order valence-corrected chi connectivity index (χ4v) is 4.22. The zero-order valence-electron chi connectivity index (χ0n) is 10.9. The second-order valence-electron chi connectivity index (χ2n) is 4.99. The number of nitrogens with zero attached hydrogens (tertiary/aromatic N) is 2. The van der Waals surface area contributed by atoms with Crippen molar-refractivity contribution in [1.29, 1.82) is 0 Å². The van der Waals surface area contributed by atoms with Crippen molar-refractivity contribution in [3.8, 4) is 0 Å². The molecule has 1 aliphatic heterocycles. The van der Waals surface area contributed by atoms with Gasteiger partial charge in [-0.3, -0.25) is 4.98 Å². The molecule has 0 amide bonds. The minimum Gasteiger partial charge on any atom is -0.388 e. The summed E-state index contributed by atoms with van der Waals surface area (Å²) in [5.74, 6) is 0.694. The number of aromatic nitrogens is 1. The smallest absolute Gasteiger partial charge is 0.245 e. The van der Waals surface area contributed by atoms with Gasteiger partial charge in [-0.15, -0.1) is 0 Å². The van der Waals surface area contributed by atoms with E-state index < -0.39 is 10.0 Å². The monoisotopic (exact) mass is 299 g/mol. The average Bonchev–Trinajstić information content (AvgIpc) is 2.70. The Morgan fingerprint density at radius 3 is 2.53 bits per heavy atom. The van der Waals surface area contributed by atoms with Crippen molar-refractivity contribution in [3.63, 3.8) is 0 Å². The third kappa shape index (κ3) is 2.63. The highest BCUT2D eigenvalue weighted by Gasteiger charge is 2.36. The van der Waals surface area contributed by atoms with Crippen LogP contribution in [-0.2, 0) is 10.0 Å². The summed E-state index contributed by atoms with van der Waals surface area (Å²) >= 11 is 4.87. The molecule has 2 unspecified atom stereocenters. The van der Waals surface area contributed by atoms with E-state index in [1.807, 2.05) is 0 Å². The van der Waals surface area contributed by atoms with Crippen LogP contribution in [0.2, 0.25) is 0 Å². The third-order valence-electron chi connectivity index (χ3n) is 3.58. The lowest BCUT2D eigenvalue weighted by atomic mass is 10.0. The summed E-state index contributed by atoms with van der Waals surface area (Å²) in [6, 6.07) is 3.09. The standard InChI is InChI=1S/C12H17N3O2S2/c1-8-6-15(7-9(8)2)19(16,17)10-4-3-5-14-11(10)12(13)18/h3-5,8-9H,6-7H2,1-2H3,(H2,13,18). The van der Waals surface area contributed by atoms with E-state index in [-0.39, 0.29) is 15.6 Å². The predicted molar refractivity (Wildman–Crippen MR) is 77.2 cm³/mol. The first-order valence-corrected chi connectivity index (χ1v) is 7.94. The minimum absolute atomic E-state index is 0.000492. The zero-order chi connectivity index (χ0) is 14.2. The second-order valence-corrected chi connectivity index (χ2v) is 7.34. The number of rotatable bonds is 3. The second kappa shape index (κ2) is 5.15. The van der Waals surface area contributed by atoms with Gasteiger partial charge in [0.25, 0.3) is 0 Å². The Balaban J connectivity index is 2.44. The summed E-state index contributed by atoms with van der Waals surface area (Å²) in [5, 5.41) is 0. The first-order valence-electron chi connectivity index (χ1n) is 6.09. The van der Waals surface area contributed by atoms with Gasteiger partial charge in [0.15, 0.2) is 0 Å². The van der Waals surface area contributed by atoms with Crippen molar-refractivity contribution in [1.82, 2.24) is 9.29 Å². The summed E-state index contributed by atoms with van der Waals surface area (Å²) in [4.78, 5) is 4.08. The highest BCUT2D eigenvalue weighted by atomic mass is 32.2. The SMILES string of the molecule is CC1CN(S(=O)(=O)c2cccnc2C(N)=S)CC1C. The van der Waals surface area contributed by atoms with Crippen LogP contribution < -0.4 is 5.73 Å². The van der Waals surface area contributed by atoms with Crippen molar-refractivity contribution in [2.24, 2.45) is 17.6 Å². The van der Waals surface area contributed by atoms with Gasteiger partial charge < -0.3 is 5.73 Å². The van der Waals surface area contributed by atoms with Crippen LogP contribution in [-0.4, -0.2) is 35.8 Å². The Kier molecular flexibility index (Phi) is 3.89. The Labute approximate surface area is 118 Å². The predicted octanol–water partition coefficient (Wildman–Crippen LogP) is 0.992. The molecule has 0 saturated carbocycles. The van der Waals surface area contributed by atoms with Gasteiger partial charge in [0.05, 0.1) is 0 Å². The Bertz CT molecular complexity index is 591. The summed E-state index contributed by atoms with van der Waals surface area (Å²) in [7, 11) is -3.58. The van der Waals surface area contributed by atoms with Crippen LogP contribution in [0.3, 0.4) is 0 Å². The van der Waals surface area contributed by atoms with E-state index in [4.69, 9.17) is 18.0 Å². The molecule has 1 fully saturated rings. The number of nitrogens with two attached hydrogens (primary N) is 1. The van der Waals surface area contributed by atoms with Crippen LogP contribution in [0.4, 0.5) is 0 Å². The first kappa shape index (κ1) is 14.4. The maximum absolute atomic E-state index is 12.6. The normalized spacial score (nSPS) is 24.5. The minimum atomic E-state index is -3.58. The molecule has 1 aromatic rings. The molecule has 1 aliphatic rings. The van der Waals surface area contributed by atoms with Crippen molar-refractivity contribution >= 4 is 27.2 Å². The van der Waals surface area contributed by atoms with Gasteiger partial charge in [-0.05, 0) is 24.0 Å². The van der Waals surface area contributed by atoms with Crippen LogP contribution in [0.15, 0.2) is 23.2 Å². The Hall–Kier alpha value is -1.05. The number of hydrogen-bond acceptors (Lipinski definition) is 4. The van der Waals surface area contributed by atoms with Crippen molar-refractivity contribution in [3.05, 3.63) is 24.0 Å². The molecular formula is C12H17N3O2S2. The van der Waals surface area contributed by atoms with Crippen LogP contribution in [0.5, 0.6) is 0 Å². The average molecular weight is 299 g/mol. The van der Waals surface area contributed by atoms with Crippen molar-refractivity contribution < 1.29 is 8.42 Å². The molecule has 0 spiro atoms. The summed E-state index contributed by atoms with van der Waals surface area (Å²) in [6.07, 6.45) is 1.49. The molecule has 2 N–H and O–H groups in total. The maximum Gasteiger partial charge on any atom is 0.245 e. The fraction of sp³-hybridized carbons (Fsp3) is 0.500. The van der Waals surface area contributed by atoms with E-state index in [0.29, 0.717) is 24.9 Å². The Morgan fingerprint density at radius 2 is 2.00 bits per heavy atom. The van der Waals surface area contributed by atoms with Gasteiger partial charge >= 0.3 is 0 Å². The molecule has 2 heterocycles. The highest BCUT2D eigenvalue weighted by molar-refractivity contribution is 7.89. The van der Waals surface area contributed by atoms with Gasteiger partial charge in [0.1, 0.15) is 15.6 Å². The molecule has 1 saturated heterocycles. The molecule has 7 heteroatoms. The van der Waals surface area contributed by atoms with Crippen molar-refractivity contribution in [2.75, 3.05) is 13.1 Å². The Morgan fingerprint density at radius 1 is 1.42 bits per heavy atom. The van der Waals surface area contributed by atoms with Gasteiger partial charge in [-0.25, -0.2) is 8.42 Å². The lowest BCUT2D eigenvalue weighted by Gasteiger charge is -2.17. The van der Waals surface area contributed by atoms with Crippen LogP contribution in [0, 0.1) is 11.8 Å². The number of hydrogen-bond donors (Lipinski definition) is 1. The molecule has 0 bridgehead atoms. The van der Waals surface area contributed by atoms with Crippen LogP contribution in [0.25, 0.3) is 0 Å². The molecule has 5 nitrogen and oxygen atoms in total. The third-order valence-corrected chi connectivity index (χ3v) is 5.63. The molecule has 2 rings (SSSR count). The number of sulfonamides is 1. The van der Waals surface area contributed by atoms with Gasteiger partial charge in [0, 0.05) is 19.3 Å². The zero-order valence-corrected chi connectivity index (χ0v) is 12.5. The summed E-state index contributed by atoms with van der Waals surface area (Å²) in [6.45, 7) is 5.15. The molecule has 0 radical (unpaired) electrons. The lowest BCUT2D eigenvalue weighted by molar-refractivity contribution is 0.463. The van der Waals surface area contributed by atoms with Crippen molar-refractivity contribution in [2.45, 2.75) is 18.7 Å². The number of pyridine rings is 1. The summed E-state index contributed by atoms with van der Waals surface area (Å²) < 4.78 is 26.7. The lowest BCUT2D eigenvalue weighted by Crippen LogP contribution is -2.31. The molecule has 2 atom stereocenters. The van der Waals surface area contributed by atoms with E-state index in [1.165, 1.54) is 16.6 Å². The van der Waals surface area contributed by atoms with Gasteiger partial charge in [-0.1, -0.05) is 26.1 Å². The molecule has 19 heavy (non-hydrogen) atoms. The largest absolute Gasteiger partial charge is 0.388 e. The number of thiocarbonyl (C=S) groups is 1. The highest BCUT2D eigenvalue weighted by Crippen LogP contribution is 2.28. The fourth-order valence-electron chi connectivity index (χ4n) is 2.20. The van der Waals surface area contributed by atoms with Gasteiger partial charge in [0.2, 0.25) is 10.0 Å². The van der Waals surface area contributed by atoms with Gasteiger partial charge in [-0.2, -0.15) is 4.31 Å². The maximum atomic E-state index is 12.6. The molecule has 0 aliphatic carbocycles. The van der Waals surface area contributed by atoms with E-state index in [0.717, 1.165) is 0 Å². The van der Waals surface area contributed by atoms with E-state index in [2.05, 4.69) is 18.8 Å². The molecular weight excluding hydrogens is 282 g/mol. The van der Waals surface area contributed by atoms with E-state index in [9.17, 15) is 8.42 Å². The van der Waals surface area contributed by atoms with E-state index >= 15 is 0 Å². The quantitative estimate of drug-likeness (QED) is 0.842. The van der Waals surface area contributed by atoms with Crippen LogP contribution >= 0.6 is 12.2 Å². The molecule has 104 valence electrons. The topological polar surface area (TPSA) is 76.3 Å². The van der Waals surface area contributed by atoms with Crippen LogP contribution in [0.1, 0.15) is 19.5 Å². The first-order chi connectivity index (χ1) is 8.84. The molecule has 1 aromatic heterocycles.